The first-order valence-corrected chi connectivity index (χ1v) is 7.60. The molecule has 3 heterocycles. The highest BCUT2D eigenvalue weighted by Crippen LogP contribution is 2.13. The van der Waals surface area contributed by atoms with Crippen molar-refractivity contribution < 1.29 is 9.53 Å². The highest BCUT2D eigenvalue weighted by atomic mass is 16.5. The van der Waals surface area contributed by atoms with E-state index in [2.05, 4.69) is 20.4 Å². The Hall–Kier alpha value is -2.48. The molecule has 2 unspecified atom stereocenters. The van der Waals surface area contributed by atoms with E-state index < -0.39 is 0 Å². The van der Waals surface area contributed by atoms with E-state index in [1.54, 1.807) is 35.5 Å². The molecule has 8 nitrogen and oxygen atoms in total. The van der Waals surface area contributed by atoms with E-state index in [0.717, 1.165) is 5.69 Å². The summed E-state index contributed by atoms with van der Waals surface area (Å²) in [4.78, 5) is 22.4. The Morgan fingerprint density at radius 3 is 2.70 bits per heavy atom. The van der Waals surface area contributed by atoms with Crippen LogP contribution in [-0.4, -0.2) is 55.9 Å². The minimum atomic E-state index is 0.0395. The Kier molecular flexibility index (Phi) is 4.52. The molecule has 1 aliphatic heterocycles. The average Bonchev–Trinajstić information content (AvgIpc) is 2.94. The Balaban J connectivity index is 1.59. The van der Waals surface area contributed by atoms with Crippen LogP contribution in [-0.2, 0) is 16.1 Å². The molecular formula is C15H20N6O2. The van der Waals surface area contributed by atoms with Crippen molar-refractivity contribution in [1.29, 1.82) is 0 Å². The van der Waals surface area contributed by atoms with Gasteiger partial charge in [-0.15, -0.1) is 0 Å². The first-order valence-electron chi connectivity index (χ1n) is 7.60. The largest absolute Gasteiger partial charge is 0.372 e. The quantitative estimate of drug-likeness (QED) is 0.907. The van der Waals surface area contributed by atoms with Crippen LogP contribution in [0.2, 0.25) is 0 Å². The number of anilines is 2. The third-order valence-corrected chi connectivity index (χ3v) is 3.52. The summed E-state index contributed by atoms with van der Waals surface area (Å²) in [6, 6.07) is 1.75. The lowest BCUT2D eigenvalue weighted by atomic mass is 10.2. The van der Waals surface area contributed by atoms with Gasteiger partial charge in [0.25, 0.3) is 0 Å². The second-order valence-electron chi connectivity index (χ2n) is 5.68. The molecule has 0 radical (unpaired) electrons. The number of ether oxygens (including phenoxy) is 1. The van der Waals surface area contributed by atoms with Gasteiger partial charge in [0.2, 0.25) is 11.9 Å². The van der Waals surface area contributed by atoms with E-state index in [1.165, 1.54) is 0 Å². The summed E-state index contributed by atoms with van der Waals surface area (Å²) < 4.78 is 7.26. The van der Waals surface area contributed by atoms with Gasteiger partial charge in [0.05, 0.1) is 24.1 Å². The summed E-state index contributed by atoms with van der Waals surface area (Å²) in [5.41, 5.74) is 0.743. The van der Waals surface area contributed by atoms with Gasteiger partial charge in [-0.1, -0.05) is 0 Å². The number of morpholine rings is 1. The van der Waals surface area contributed by atoms with Gasteiger partial charge < -0.3 is 15.0 Å². The fourth-order valence-corrected chi connectivity index (χ4v) is 2.63. The van der Waals surface area contributed by atoms with Crippen LogP contribution in [0.5, 0.6) is 0 Å². The van der Waals surface area contributed by atoms with Gasteiger partial charge in [0.1, 0.15) is 6.54 Å². The minimum Gasteiger partial charge on any atom is -0.372 e. The van der Waals surface area contributed by atoms with Crippen molar-refractivity contribution in [3.05, 3.63) is 30.9 Å². The van der Waals surface area contributed by atoms with E-state index in [9.17, 15) is 4.79 Å². The Morgan fingerprint density at radius 2 is 2.00 bits per heavy atom. The number of carbonyl (C=O) groups excluding carboxylic acids is 1. The Bertz CT molecular complexity index is 649. The lowest BCUT2D eigenvalue weighted by molar-refractivity contribution is -0.144. The van der Waals surface area contributed by atoms with Crippen LogP contribution in [0.1, 0.15) is 13.8 Å². The maximum Gasteiger partial charge on any atom is 0.244 e. The topological polar surface area (TPSA) is 85.2 Å². The second-order valence-corrected chi connectivity index (χ2v) is 5.68. The number of hydrogen-bond acceptors (Lipinski definition) is 6. The van der Waals surface area contributed by atoms with Crippen LogP contribution in [0, 0.1) is 0 Å². The molecule has 122 valence electrons. The third-order valence-electron chi connectivity index (χ3n) is 3.52. The second kappa shape index (κ2) is 6.74. The zero-order valence-corrected chi connectivity index (χ0v) is 13.2. The summed E-state index contributed by atoms with van der Waals surface area (Å²) in [5, 5.41) is 7.25. The maximum absolute atomic E-state index is 12.4. The molecule has 2 aromatic heterocycles. The first-order chi connectivity index (χ1) is 11.1. The predicted molar refractivity (Wildman–Crippen MR) is 84.1 cm³/mol. The fourth-order valence-electron chi connectivity index (χ4n) is 2.63. The van der Waals surface area contributed by atoms with Crippen molar-refractivity contribution in [2.75, 3.05) is 18.4 Å². The highest BCUT2D eigenvalue weighted by molar-refractivity contribution is 5.76. The van der Waals surface area contributed by atoms with Crippen LogP contribution in [0.15, 0.2) is 30.9 Å². The monoisotopic (exact) mass is 316 g/mol. The molecule has 8 heteroatoms. The molecule has 3 rings (SSSR count). The molecule has 0 bridgehead atoms. The summed E-state index contributed by atoms with van der Waals surface area (Å²) in [5.74, 6) is 0.534. The third kappa shape index (κ3) is 4.04. The highest BCUT2D eigenvalue weighted by Gasteiger charge is 2.25. The summed E-state index contributed by atoms with van der Waals surface area (Å²) >= 11 is 0. The molecule has 2 aromatic rings. The normalized spacial score (nSPS) is 21.2. The molecule has 1 N–H and O–H groups in total. The standard InChI is InChI=1S/C15H20N6O2/c1-11-7-20(8-12(2)23-11)14(22)10-21-9-13(6-18-21)19-15-16-4-3-5-17-15/h3-6,9,11-12H,7-8,10H2,1-2H3,(H,16,17,19). The van der Waals surface area contributed by atoms with Gasteiger partial charge in [-0.2, -0.15) is 5.10 Å². The van der Waals surface area contributed by atoms with Gasteiger partial charge in [0.15, 0.2) is 0 Å². The van der Waals surface area contributed by atoms with Crippen LogP contribution in [0.3, 0.4) is 0 Å². The summed E-state index contributed by atoms with van der Waals surface area (Å²) in [6.07, 6.45) is 6.85. The number of amides is 1. The van der Waals surface area contributed by atoms with E-state index in [0.29, 0.717) is 19.0 Å². The van der Waals surface area contributed by atoms with E-state index >= 15 is 0 Å². The van der Waals surface area contributed by atoms with Crippen LogP contribution >= 0.6 is 0 Å². The number of nitrogens with zero attached hydrogens (tertiary/aromatic N) is 5. The maximum atomic E-state index is 12.4. The molecule has 0 saturated carbocycles. The SMILES string of the molecule is CC1CN(C(=O)Cn2cc(Nc3ncccn3)cn2)CC(C)O1. The van der Waals surface area contributed by atoms with E-state index in [-0.39, 0.29) is 24.7 Å². The van der Waals surface area contributed by atoms with Crippen molar-refractivity contribution in [2.24, 2.45) is 0 Å². The van der Waals surface area contributed by atoms with Crippen molar-refractivity contribution in [1.82, 2.24) is 24.6 Å². The molecule has 23 heavy (non-hydrogen) atoms. The Morgan fingerprint density at radius 1 is 1.30 bits per heavy atom. The molecule has 1 fully saturated rings. The van der Waals surface area contributed by atoms with E-state index in [4.69, 9.17) is 4.74 Å². The van der Waals surface area contributed by atoms with Gasteiger partial charge in [-0.25, -0.2) is 9.97 Å². The Labute approximate surface area is 134 Å². The molecule has 1 amide bonds. The first kappa shape index (κ1) is 15.4. The van der Waals surface area contributed by atoms with Crippen molar-refractivity contribution in [3.8, 4) is 0 Å². The average molecular weight is 316 g/mol. The molecule has 2 atom stereocenters. The summed E-state index contributed by atoms with van der Waals surface area (Å²) in [6.45, 7) is 5.40. The molecule has 0 spiro atoms. The molecule has 1 saturated heterocycles. The number of hydrogen-bond donors (Lipinski definition) is 1. The van der Waals surface area contributed by atoms with Crippen LogP contribution < -0.4 is 5.32 Å². The summed E-state index contributed by atoms with van der Waals surface area (Å²) in [7, 11) is 0. The predicted octanol–water partition coefficient (Wildman–Crippen LogP) is 1.05. The van der Waals surface area contributed by atoms with Crippen molar-refractivity contribution in [2.45, 2.75) is 32.6 Å². The number of carbonyl (C=O) groups is 1. The molecule has 1 aliphatic rings. The molecule has 0 aromatic carbocycles. The van der Waals surface area contributed by atoms with Gasteiger partial charge >= 0.3 is 0 Å². The number of nitrogens with one attached hydrogen (secondary N) is 1. The molecular weight excluding hydrogens is 296 g/mol. The van der Waals surface area contributed by atoms with Crippen LogP contribution in [0.25, 0.3) is 0 Å². The lowest BCUT2D eigenvalue weighted by Crippen LogP contribution is -2.49. The van der Waals surface area contributed by atoms with Gasteiger partial charge in [-0.3, -0.25) is 9.48 Å². The van der Waals surface area contributed by atoms with Gasteiger partial charge in [-0.05, 0) is 19.9 Å². The van der Waals surface area contributed by atoms with Crippen LogP contribution in [0.4, 0.5) is 11.6 Å². The lowest BCUT2D eigenvalue weighted by Gasteiger charge is -2.35. The smallest absolute Gasteiger partial charge is 0.244 e. The number of aromatic nitrogens is 4. The zero-order valence-electron chi connectivity index (χ0n) is 13.2. The van der Waals surface area contributed by atoms with Gasteiger partial charge in [0, 0.05) is 31.7 Å². The minimum absolute atomic E-state index is 0.0395. The number of rotatable bonds is 4. The fraction of sp³-hybridized carbons (Fsp3) is 0.467. The zero-order chi connectivity index (χ0) is 16.2. The molecule has 0 aliphatic carbocycles. The van der Waals surface area contributed by atoms with Crippen molar-refractivity contribution >= 4 is 17.5 Å². The van der Waals surface area contributed by atoms with Crippen molar-refractivity contribution in [3.63, 3.8) is 0 Å². The van der Waals surface area contributed by atoms with E-state index in [1.807, 2.05) is 18.7 Å².